The van der Waals surface area contributed by atoms with E-state index in [0.29, 0.717) is 18.1 Å². The summed E-state index contributed by atoms with van der Waals surface area (Å²) in [4.78, 5) is 12.4. The molecule has 1 aliphatic carbocycles. The molecule has 0 fully saturated rings. The summed E-state index contributed by atoms with van der Waals surface area (Å²) in [6.07, 6.45) is 5.53. The third-order valence-electron chi connectivity index (χ3n) is 4.64. The molecule has 0 unspecified atom stereocenters. The number of rotatable bonds is 5. The van der Waals surface area contributed by atoms with Crippen molar-refractivity contribution in [2.24, 2.45) is 0 Å². The number of nitrogens with zero attached hydrogens (tertiary/aromatic N) is 4. The van der Waals surface area contributed by atoms with E-state index in [4.69, 9.17) is 4.74 Å². The van der Waals surface area contributed by atoms with Gasteiger partial charge in [-0.15, -0.1) is 10.2 Å². The fourth-order valence-electron chi connectivity index (χ4n) is 3.27. The zero-order chi connectivity index (χ0) is 18.1. The van der Waals surface area contributed by atoms with Crippen molar-refractivity contribution in [2.45, 2.75) is 44.9 Å². The molecule has 0 saturated carbocycles. The number of ether oxygens (including phenoxy) is 1. The van der Waals surface area contributed by atoms with Gasteiger partial charge in [-0.2, -0.15) is 0 Å². The van der Waals surface area contributed by atoms with E-state index in [9.17, 15) is 4.79 Å². The molecule has 1 aliphatic heterocycles. The van der Waals surface area contributed by atoms with Crippen LogP contribution in [0.5, 0.6) is 5.75 Å². The van der Waals surface area contributed by atoms with Crippen molar-refractivity contribution in [2.75, 3.05) is 17.3 Å². The largest absolute Gasteiger partial charge is 0.486 e. The molecule has 0 saturated heterocycles. The summed E-state index contributed by atoms with van der Waals surface area (Å²) in [6, 6.07) is 6.28. The van der Waals surface area contributed by atoms with Crippen LogP contribution in [0.25, 0.3) is 0 Å². The van der Waals surface area contributed by atoms with Crippen molar-refractivity contribution >= 4 is 17.7 Å². The fourth-order valence-corrected chi connectivity index (χ4v) is 4.10. The first-order valence-corrected chi connectivity index (χ1v) is 9.86. The third-order valence-corrected chi connectivity index (χ3v) is 5.55. The first-order valence-electron chi connectivity index (χ1n) is 8.87. The summed E-state index contributed by atoms with van der Waals surface area (Å²) in [6.45, 7) is 4.84. The lowest BCUT2D eigenvalue weighted by Gasteiger charge is -2.28. The van der Waals surface area contributed by atoms with Crippen molar-refractivity contribution in [3.63, 3.8) is 0 Å². The highest BCUT2D eigenvalue weighted by Gasteiger charge is 2.28. The van der Waals surface area contributed by atoms with Crippen molar-refractivity contribution < 1.29 is 9.53 Å². The first kappa shape index (κ1) is 17.1. The van der Waals surface area contributed by atoms with Crippen LogP contribution in [0, 0.1) is 0 Å². The van der Waals surface area contributed by atoms with E-state index in [1.165, 1.54) is 34.9 Å². The number of hydrogen-bond acceptors (Lipinski definition) is 5. The Balaban J connectivity index is 1.54. The molecule has 0 N–H and O–H groups in total. The van der Waals surface area contributed by atoms with Gasteiger partial charge in [-0.1, -0.05) is 29.5 Å². The van der Waals surface area contributed by atoms with Gasteiger partial charge in [0.1, 0.15) is 12.4 Å². The molecular formula is C19H22N4O2S. The van der Waals surface area contributed by atoms with Crippen LogP contribution in [0.3, 0.4) is 0 Å². The van der Waals surface area contributed by atoms with Crippen molar-refractivity contribution in [1.29, 1.82) is 0 Å². The molecule has 2 aliphatic rings. The standard InChI is InChI=1S/C19H22N4O2S/c1-13(2)8-9-22-18(24)12-26-19-21-20-17(23(19)22)11-25-16-7-6-14-4-3-5-15(14)10-16/h6-8,10H,3-5,9,11-12H2,1-2H3. The van der Waals surface area contributed by atoms with Crippen LogP contribution >= 0.6 is 11.8 Å². The number of thioether (sulfide) groups is 1. The highest BCUT2D eigenvalue weighted by molar-refractivity contribution is 7.99. The SMILES string of the molecule is CC(C)=CCN1C(=O)CSc2nnc(COc3ccc4c(c3)CCC4)n21. The molecule has 0 spiro atoms. The van der Waals surface area contributed by atoms with Gasteiger partial charge in [0.2, 0.25) is 5.16 Å². The summed E-state index contributed by atoms with van der Waals surface area (Å²) in [5.41, 5.74) is 3.97. The van der Waals surface area contributed by atoms with Crippen LogP contribution in [0.2, 0.25) is 0 Å². The van der Waals surface area contributed by atoms with E-state index < -0.39 is 0 Å². The average Bonchev–Trinajstić information content (AvgIpc) is 3.25. The fraction of sp³-hybridized carbons (Fsp3) is 0.421. The van der Waals surface area contributed by atoms with Gasteiger partial charge in [-0.3, -0.25) is 4.79 Å². The van der Waals surface area contributed by atoms with Crippen LogP contribution in [0.1, 0.15) is 37.2 Å². The average molecular weight is 370 g/mol. The molecule has 2 aromatic rings. The Morgan fingerprint density at radius 1 is 1.27 bits per heavy atom. The predicted molar refractivity (Wildman–Crippen MR) is 101 cm³/mol. The minimum absolute atomic E-state index is 0.0542. The van der Waals surface area contributed by atoms with E-state index in [1.807, 2.05) is 26.0 Å². The summed E-state index contributed by atoms with van der Waals surface area (Å²) < 4.78 is 7.76. The van der Waals surface area contributed by atoms with Crippen molar-refractivity contribution in [1.82, 2.24) is 14.9 Å². The summed E-state index contributed by atoms with van der Waals surface area (Å²) in [5, 5.41) is 10.9. The Kier molecular flexibility index (Phi) is 4.72. The monoisotopic (exact) mass is 370 g/mol. The third kappa shape index (κ3) is 3.35. The maximum Gasteiger partial charge on any atom is 0.252 e. The second kappa shape index (κ2) is 7.15. The second-order valence-corrected chi connectivity index (χ2v) is 7.77. The zero-order valence-corrected chi connectivity index (χ0v) is 15.9. The van der Waals surface area contributed by atoms with Crippen LogP contribution in [0.4, 0.5) is 0 Å². The van der Waals surface area contributed by atoms with E-state index in [1.54, 1.807) is 9.69 Å². The molecule has 26 heavy (non-hydrogen) atoms. The number of fused-ring (bicyclic) bond motifs is 2. The van der Waals surface area contributed by atoms with Gasteiger partial charge in [0.05, 0.1) is 12.3 Å². The van der Waals surface area contributed by atoms with E-state index in [2.05, 4.69) is 22.3 Å². The van der Waals surface area contributed by atoms with Crippen LogP contribution in [-0.4, -0.2) is 33.1 Å². The normalized spacial score (nSPS) is 15.6. The Morgan fingerprint density at radius 2 is 2.12 bits per heavy atom. The molecule has 0 bridgehead atoms. The number of aryl methyl sites for hydroxylation is 2. The lowest BCUT2D eigenvalue weighted by molar-refractivity contribution is -0.117. The Bertz CT molecular complexity index is 870. The van der Waals surface area contributed by atoms with E-state index >= 15 is 0 Å². The van der Waals surface area contributed by atoms with Gasteiger partial charge in [-0.05, 0) is 56.4 Å². The highest BCUT2D eigenvalue weighted by atomic mass is 32.2. The first-order chi connectivity index (χ1) is 12.6. The Hall–Kier alpha value is -2.28. The van der Waals surface area contributed by atoms with Crippen LogP contribution in [-0.2, 0) is 24.2 Å². The lowest BCUT2D eigenvalue weighted by Crippen LogP contribution is -2.46. The molecule has 1 aromatic heterocycles. The minimum atomic E-state index is 0.0542. The van der Waals surface area contributed by atoms with E-state index in [-0.39, 0.29) is 12.5 Å². The summed E-state index contributed by atoms with van der Waals surface area (Å²) >= 11 is 1.42. The van der Waals surface area contributed by atoms with Gasteiger partial charge < -0.3 is 4.74 Å². The number of hydrogen-bond donors (Lipinski definition) is 0. The number of benzene rings is 1. The van der Waals surface area contributed by atoms with Gasteiger partial charge in [0.15, 0.2) is 5.82 Å². The molecule has 0 atom stereocenters. The number of carbonyl (C=O) groups is 1. The van der Waals surface area contributed by atoms with Gasteiger partial charge >= 0.3 is 0 Å². The van der Waals surface area contributed by atoms with Crippen molar-refractivity contribution in [3.05, 3.63) is 46.8 Å². The minimum Gasteiger partial charge on any atom is -0.486 e. The molecule has 2 heterocycles. The number of carbonyl (C=O) groups excluding carboxylic acids is 1. The molecule has 6 nitrogen and oxygen atoms in total. The van der Waals surface area contributed by atoms with Crippen molar-refractivity contribution in [3.8, 4) is 5.75 Å². The summed E-state index contributed by atoms with van der Waals surface area (Å²) in [5.74, 6) is 1.93. The summed E-state index contributed by atoms with van der Waals surface area (Å²) in [7, 11) is 0. The lowest BCUT2D eigenvalue weighted by atomic mass is 10.1. The number of aromatic nitrogens is 3. The maximum absolute atomic E-state index is 12.4. The predicted octanol–water partition coefficient (Wildman–Crippen LogP) is 2.88. The smallest absolute Gasteiger partial charge is 0.252 e. The molecule has 1 aromatic carbocycles. The Morgan fingerprint density at radius 3 is 2.96 bits per heavy atom. The molecule has 7 heteroatoms. The van der Waals surface area contributed by atoms with Gasteiger partial charge in [-0.25, -0.2) is 9.69 Å². The van der Waals surface area contributed by atoms with Gasteiger partial charge in [0, 0.05) is 0 Å². The van der Waals surface area contributed by atoms with Gasteiger partial charge in [0.25, 0.3) is 5.91 Å². The van der Waals surface area contributed by atoms with Crippen LogP contribution < -0.4 is 9.75 Å². The topological polar surface area (TPSA) is 60.3 Å². The Labute approximate surface area is 157 Å². The number of allylic oxidation sites excluding steroid dienone is 1. The molecule has 1 amide bonds. The molecular weight excluding hydrogens is 348 g/mol. The van der Waals surface area contributed by atoms with Crippen LogP contribution in [0.15, 0.2) is 35.0 Å². The van der Waals surface area contributed by atoms with E-state index in [0.717, 1.165) is 23.7 Å². The second-order valence-electron chi connectivity index (χ2n) is 6.83. The quantitative estimate of drug-likeness (QED) is 0.758. The molecule has 4 rings (SSSR count). The molecule has 136 valence electrons. The maximum atomic E-state index is 12.4. The number of amides is 1. The molecule has 0 radical (unpaired) electrons. The zero-order valence-electron chi connectivity index (χ0n) is 15.1. The highest BCUT2D eigenvalue weighted by Crippen LogP contribution is 2.27.